The van der Waals surface area contributed by atoms with Gasteiger partial charge in [0.25, 0.3) is 5.56 Å². The molecule has 1 aromatic heterocycles. The Morgan fingerprint density at radius 1 is 0.957 bits per heavy atom. The van der Waals surface area contributed by atoms with Crippen molar-refractivity contribution in [2.75, 3.05) is 0 Å². The lowest BCUT2D eigenvalue weighted by molar-refractivity contribution is 0.289. The van der Waals surface area contributed by atoms with Crippen molar-refractivity contribution in [1.82, 2.24) is 9.55 Å². The van der Waals surface area contributed by atoms with Gasteiger partial charge in [-0.15, -0.1) is 0 Å². The van der Waals surface area contributed by atoms with Crippen molar-refractivity contribution >= 4 is 15.9 Å². The van der Waals surface area contributed by atoms with E-state index >= 15 is 0 Å². The predicted octanol–water partition coefficient (Wildman–Crippen LogP) is 3.63. The summed E-state index contributed by atoms with van der Waals surface area (Å²) in [4.78, 5) is 16.6. The maximum Gasteiger partial charge on any atom is 0.271 e. The monoisotopic (exact) mass is 370 g/mol. The van der Waals surface area contributed by atoms with Crippen LogP contribution in [0.5, 0.6) is 5.88 Å². The van der Waals surface area contributed by atoms with Gasteiger partial charge in [-0.25, -0.2) is 4.98 Å². The summed E-state index contributed by atoms with van der Waals surface area (Å²) < 4.78 is 7.53. The van der Waals surface area contributed by atoms with Crippen molar-refractivity contribution in [3.05, 3.63) is 92.9 Å². The van der Waals surface area contributed by atoms with Crippen molar-refractivity contribution in [1.29, 1.82) is 0 Å². The second-order valence-corrected chi connectivity index (χ2v) is 5.85. The first-order valence-electron chi connectivity index (χ1n) is 7.19. The molecular formula is C18H15BrN2O2. The highest BCUT2D eigenvalue weighted by atomic mass is 79.9. The van der Waals surface area contributed by atoms with E-state index in [2.05, 4.69) is 20.9 Å². The number of aromatic nitrogens is 2. The van der Waals surface area contributed by atoms with Crippen molar-refractivity contribution < 1.29 is 4.74 Å². The molecule has 0 spiro atoms. The van der Waals surface area contributed by atoms with E-state index in [4.69, 9.17) is 4.74 Å². The third-order valence-electron chi connectivity index (χ3n) is 3.36. The van der Waals surface area contributed by atoms with Gasteiger partial charge in [0.1, 0.15) is 17.4 Å². The molecule has 0 amide bonds. The Labute approximate surface area is 142 Å². The maximum absolute atomic E-state index is 12.4. The van der Waals surface area contributed by atoms with E-state index in [0.717, 1.165) is 11.1 Å². The molecule has 2 aromatic carbocycles. The fourth-order valence-corrected chi connectivity index (χ4v) is 2.61. The van der Waals surface area contributed by atoms with Crippen LogP contribution in [0.15, 0.2) is 76.3 Å². The second-order valence-electron chi connectivity index (χ2n) is 5.06. The van der Waals surface area contributed by atoms with Gasteiger partial charge >= 0.3 is 0 Å². The van der Waals surface area contributed by atoms with Crippen molar-refractivity contribution in [3.63, 3.8) is 0 Å². The standard InChI is InChI=1S/C18H15BrN2O2/c19-16-17(23-12-15-9-5-2-6-10-15)20-13-21(18(16)22)11-14-7-3-1-4-8-14/h1-10,13H,11-12H2. The highest BCUT2D eigenvalue weighted by Crippen LogP contribution is 2.18. The lowest BCUT2D eigenvalue weighted by Crippen LogP contribution is -2.22. The molecule has 0 aliphatic carbocycles. The van der Waals surface area contributed by atoms with Crippen molar-refractivity contribution in [2.45, 2.75) is 13.2 Å². The minimum atomic E-state index is -0.160. The lowest BCUT2D eigenvalue weighted by atomic mass is 10.2. The van der Waals surface area contributed by atoms with Gasteiger partial charge in [0, 0.05) is 0 Å². The summed E-state index contributed by atoms with van der Waals surface area (Å²) in [5, 5.41) is 0. The van der Waals surface area contributed by atoms with Gasteiger partial charge in [-0.2, -0.15) is 0 Å². The summed E-state index contributed by atoms with van der Waals surface area (Å²) in [6.07, 6.45) is 1.51. The number of ether oxygens (including phenoxy) is 1. The quantitative estimate of drug-likeness (QED) is 0.688. The van der Waals surface area contributed by atoms with E-state index < -0.39 is 0 Å². The molecule has 0 aliphatic rings. The van der Waals surface area contributed by atoms with Crippen LogP contribution in [0.4, 0.5) is 0 Å². The SMILES string of the molecule is O=c1c(Br)c(OCc2ccccc2)ncn1Cc1ccccc1. The third-order valence-corrected chi connectivity index (χ3v) is 4.04. The number of nitrogens with zero attached hydrogens (tertiary/aromatic N) is 2. The van der Waals surface area contributed by atoms with Gasteiger partial charge in [-0.05, 0) is 27.1 Å². The van der Waals surface area contributed by atoms with E-state index in [0.29, 0.717) is 23.5 Å². The molecule has 0 radical (unpaired) electrons. The molecule has 5 heteroatoms. The van der Waals surface area contributed by atoms with Crippen molar-refractivity contribution in [3.8, 4) is 5.88 Å². The summed E-state index contributed by atoms with van der Waals surface area (Å²) in [7, 11) is 0. The molecule has 0 atom stereocenters. The van der Waals surface area contributed by atoms with Gasteiger partial charge in [0.05, 0.1) is 6.54 Å². The Kier molecular flexibility index (Phi) is 4.88. The number of hydrogen-bond acceptors (Lipinski definition) is 3. The van der Waals surface area contributed by atoms with Gasteiger partial charge in [0.15, 0.2) is 0 Å². The molecule has 0 fully saturated rings. The summed E-state index contributed by atoms with van der Waals surface area (Å²) in [6, 6.07) is 19.5. The van der Waals surface area contributed by atoms with Crippen molar-refractivity contribution in [2.24, 2.45) is 0 Å². The zero-order valence-corrected chi connectivity index (χ0v) is 13.9. The van der Waals surface area contributed by atoms with E-state index in [1.807, 2.05) is 60.7 Å². The maximum atomic E-state index is 12.4. The number of hydrogen-bond donors (Lipinski definition) is 0. The molecular weight excluding hydrogens is 356 g/mol. The Morgan fingerprint density at radius 2 is 1.57 bits per heavy atom. The summed E-state index contributed by atoms with van der Waals surface area (Å²) >= 11 is 3.30. The topological polar surface area (TPSA) is 44.1 Å². The molecule has 0 saturated heterocycles. The van der Waals surface area contributed by atoms with Crippen LogP contribution in [0.3, 0.4) is 0 Å². The van der Waals surface area contributed by atoms with E-state index in [1.54, 1.807) is 4.57 Å². The number of rotatable bonds is 5. The van der Waals surface area contributed by atoms with Crippen LogP contribution < -0.4 is 10.3 Å². The molecule has 4 nitrogen and oxygen atoms in total. The average Bonchev–Trinajstić information content (AvgIpc) is 2.60. The Bertz CT molecular complexity index is 833. The molecule has 3 aromatic rings. The molecule has 1 heterocycles. The second kappa shape index (κ2) is 7.24. The van der Waals surface area contributed by atoms with Crippen LogP contribution in [-0.2, 0) is 13.2 Å². The Morgan fingerprint density at radius 3 is 2.22 bits per heavy atom. The van der Waals surface area contributed by atoms with Crippen LogP contribution >= 0.6 is 15.9 Å². The third kappa shape index (κ3) is 3.87. The predicted molar refractivity (Wildman–Crippen MR) is 92.5 cm³/mol. The number of benzene rings is 2. The smallest absolute Gasteiger partial charge is 0.271 e. The highest BCUT2D eigenvalue weighted by Gasteiger charge is 2.11. The summed E-state index contributed by atoms with van der Waals surface area (Å²) in [5.74, 6) is 0.308. The van der Waals surface area contributed by atoms with Crippen LogP contribution in [0.2, 0.25) is 0 Å². The average molecular weight is 371 g/mol. The molecule has 0 saturated carbocycles. The largest absolute Gasteiger partial charge is 0.472 e. The molecule has 3 rings (SSSR count). The molecule has 0 N–H and O–H groups in total. The molecule has 116 valence electrons. The zero-order chi connectivity index (χ0) is 16.1. The molecule has 23 heavy (non-hydrogen) atoms. The first-order valence-corrected chi connectivity index (χ1v) is 7.99. The number of halogens is 1. The van der Waals surface area contributed by atoms with Gasteiger partial charge in [0.2, 0.25) is 5.88 Å². The Balaban J connectivity index is 1.76. The fourth-order valence-electron chi connectivity index (χ4n) is 2.17. The summed E-state index contributed by atoms with van der Waals surface area (Å²) in [6.45, 7) is 0.846. The van der Waals surface area contributed by atoms with Crippen LogP contribution in [-0.4, -0.2) is 9.55 Å². The molecule has 0 unspecified atom stereocenters. The van der Waals surface area contributed by atoms with E-state index in [1.165, 1.54) is 6.33 Å². The van der Waals surface area contributed by atoms with Gasteiger partial charge in [-0.3, -0.25) is 9.36 Å². The minimum Gasteiger partial charge on any atom is -0.472 e. The fraction of sp³-hybridized carbons (Fsp3) is 0.111. The Hall–Kier alpha value is -2.40. The van der Waals surface area contributed by atoms with Gasteiger partial charge in [-0.1, -0.05) is 60.7 Å². The van der Waals surface area contributed by atoms with E-state index in [-0.39, 0.29) is 5.56 Å². The lowest BCUT2D eigenvalue weighted by Gasteiger charge is -2.10. The van der Waals surface area contributed by atoms with Gasteiger partial charge < -0.3 is 4.74 Å². The normalized spacial score (nSPS) is 10.5. The summed E-state index contributed by atoms with van der Waals surface area (Å²) in [5.41, 5.74) is 1.91. The first kappa shape index (κ1) is 15.5. The highest BCUT2D eigenvalue weighted by molar-refractivity contribution is 9.10. The zero-order valence-electron chi connectivity index (χ0n) is 12.4. The molecule has 0 bridgehead atoms. The van der Waals surface area contributed by atoms with Crippen LogP contribution in [0.25, 0.3) is 0 Å². The minimum absolute atomic E-state index is 0.160. The van der Waals surface area contributed by atoms with E-state index in [9.17, 15) is 4.79 Å². The van der Waals surface area contributed by atoms with Crippen LogP contribution in [0, 0.1) is 0 Å². The van der Waals surface area contributed by atoms with Crippen LogP contribution in [0.1, 0.15) is 11.1 Å². The molecule has 0 aliphatic heterocycles. The first-order chi connectivity index (χ1) is 11.2.